The number of aromatic nitrogens is 2. The lowest BCUT2D eigenvalue weighted by Crippen LogP contribution is -2.25. The van der Waals surface area contributed by atoms with Gasteiger partial charge in [0.15, 0.2) is 5.88 Å². The average molecular weight is 249 g/mol. The highest BCUT2D eigenvalue weighted by Gasteiger charge is 2.06. The SMILES string of the molecule is CO/C(N)=C/C=C(\N)CNC(C)c1ncccn1. The molecule has 0 aliphatic heterocycles. The summed E-state index contributed by atoms with van der Waals surface area (Å²) in [7, 11) is 1.50. The van der Waals surface area contributed by atoms with E-state index >= 15 is 0 Å². The Morgan fingerprint density at radius 1 is 1.39 bits per heavy atom. The summed E-state index contributed by atoms with van der Waals surface area (Å²) < 4.78 is 4.79. The van der Waals surface area contributed by atoms with Crippen molar-refractivity contribution in [1.29, 1.82) is 0 Å². The Kier molecular flexibility index (Phi) is 5.66. The van der Waals surface area contributed by atoms with Gasteiger partial charge in [-0.2, -0.15) is 0 Å². The van der Waals surface area contributed by atoms with Crippen molar-refractivity contribution in [3.05, 3.63) is 48.0 Å². The van der Waals surface area contributed by atoms with Crippen LogP contribution in [0.4, 0.5) is 0 Å². The Morgan fingerprint density at radius 3 is 2.67 bits per heavy atom. The van der Waals surface area contributed by atoms with Gasteiger partial charge in [0.05, 0.1) is 13.2 Å². The smallest absolute Gasteiger partial charge is 0.183 e. The lowest BCUT2D eigenvalue weighted by atomic mass is 10.3. The summed E-state index contributed by atoms with van der Waals surface area (Å²) in [6.07, 6.45) is 6.73. The maximum atomic E-state index is 5.81. The highest BCUT2D eigenvalue weighted by molar-refractivity contribution is 5.12. The standard InChI is InChI=1S/C12H19N5O/c1-9(12-15-6-3-7-16-12)17-8-10(13)4-5-11(14)18-2/h3-7,9,17H,8,13-14H2,1-2H3/b10-4-,11-5+. The van der Waals surface area contributed by atoms with Crippen molar-refractivity contribution in [3.8, 4) is 0 Å². The Labute approximate surface area is 107 Å². The van der Waals surface area contributed by atoms with E-state index in [4.69, 9.17) is 16.2 Å². The van der Waals surface area contributed by atoms with Crippen LogP contribution in [0.15, 0.2) is 42.2 Å². The van der Waals surface area contributed by atoms with Crippen molar-refractivity contribution >= 4 is 0 Å². The lowest BCUT2D eigenvalue weighted by molar-refractivity contribution is 0.287. The lowest BCUT2D eigenvalue weighted by Gasteiger charge is -2.11. The van der Waals surface area contributed by atoms with Crippen molar-refractivity contribution in [1.82, 2.24) is 15.3 Å². The van der Waals surface area contributed by atoms with Crippen LogP contribution in [0.5, 0.6) is 0 Å². The largest absolute Gasteiger partial charge is 0.483 e. The molecule has 6 heteroatoms. The van der Waals surface area contributed by atoms with Crippen LogP contribution >= 0.6 is 0 Å². The van der Waals surface area contributed by atoms with Crippen molar-refractivity contribution < 1.29 is 4.74 Å². The monoisotopic (exact) mass is 249 g/mol. The van der Waals surface area contributed by atoms with E-state index in [1.54, 1.807) is 30.6 Å². The van der Waals surface area contributed by atoms with E-state index in [0.717, 1.165) is 5.82 Å². The molecule has 18 heavy (non-hydrogen) atoms. The molecule has 1 atom stereocenters. The van der Waals surface area contributed by atoms with E-state index in [-0.39, 0.29) is 6.04 Å². The number of hydrogen-bond donors (Lipinski definition) is 3. The Balaban J connectivity index is 2.46. The zero-order chi connectivity index (χ0) is 13.4. The van der Waals surface area contributed by atoms with Crippen LogP contribution in [0.3, 0.4) is 0 Å². The van der Waals surface area contributed by atoms with Crippen molar-refractivity contribution in [2.24, 2.45) is 11.5 Å². The van der Waals surface area contributed by atoms with Gasteiger partial charge < -0.3 is 21.5 Å². The van der Waals surface area contributed by atoms with Crippen LogP contribution < -0.4 is 16.8 Å². The molecule has 0 saturated carbocycles. The third-order valence-corrected chi connectivity index (χ3v) is 2.28. The summed E-state index contributed by atoms with van der Waals surface area (Å²) in [5.41, 5.74) is 11.9. The maximum absolute atomic E-state index is 5.81. The summed E-state index contributed by atoms with van der Waals surface area (Å²) in [4.78, 5) is 8.32. The molecule has 1 aromatic rings. The first kappa shape index (κ1) is 14.0. The van der Waals surface area contributed by atoms with Gasteiger partial charge in [0, 0.05) is 24.6 Å². The van der Waals surface area contributed by atoms with E-state index in [9.17, 15) is 0 Å². The van der Waals surface area contributed by atoms with Gasteiger partial charge in [-0.15, -0.1) is 0 Å². The van der Waals surface area contributed by atoms with E-state index < -0.39 is 0 Å². The van der Waals surface area contributed by atoms with E-state index in [0.29, 0.717) is 18.1 Å². The second kappa shape index (κ2) is 7.29. The van der Waals surface area contributed by atoms with Crippen LogP contribution in [-0.4, -0.2) is 23.6 Å². The van der Waals surface area contributed by atoms with Gasteiger partial charge in [-0.05, 0) is 25.1 Å². The molecule has 0 fully saturated rings. The summed E-state index contributed by atoms with van der Waals surface area (Å²) in [5, 5.41) is 3.21. The molecule has 0 saturated heterocycles. The molecule has 0 aromatic carbocycles. The Morgan fingerprint density at radius 2 is 2.06 bits per heavy atom. The number of methoxy groups -OCH3 is 1. The predicted octanol–water partition coefficient (Wildman–Crippen LogP) is 0.416. The van der Waals surface area contributed by atoms with Crippen LogP contribution in [0.1, 0.15) is 18.8 Å². The quantitative estimate of drug-likeness (QED) is 0.499. The van der Waals surface area contributed by atoms with Gasteiger partial charge >= 0.3 is 0 Å². The van der Waals surface area contributed by atoms with E-state index in [1.165, 1.54) is 7.11 Å². The minimum absolute atomic E-state index is 0.0295. The second-order valence-corrected chi connectivity index (χ2v) is 3.72. The average Bonchev–Trinajstić information content (AvgIpc) is 2.42. The molecule has 98 valence electrons. The number of nitrogens with zero attached hydrogens (tertiary/aromatic N) is 2. The molecular weight excluding hydrogens is 230 g/mol. The van der Waals surface area contributed by atoms with Gasteiger partial charge in [0.1, 0.15) is 5.82 Å². The topological polar surface area (TPSA) is 99.1 Å². The van der Waals surface area contributed by atoms with Gasteiger partial charge in [0.25, 0.3) is 0 Å². The molecular formula is C12H19N5O. The first-order chi connectivity index (χ1) is 8.63. The van der Waals surface area contributed by atoms with E-state index in [1.807, 2.05) is 6.92 Å². The molecule has 0 bridgehead atoms. The number of allylic oxidation sites excluding steroid dienone is 2. The molecule has 0 radical (unpaired) electrons. The number of nitrogens with two attached hydrogens (primary N) is 2. The summed E-state index contributed by atoms with van der Waals surface area (Å²) >= 11 is 0. The minimum Gasteiger partial charge on any atom is -0.483 e. The molecule has 5 N–H and O–H groups in total. The molecule has 0 amide bonds. The number of nitrogens with one attached hydrogen (secondary N) is 1. The predicted molar refractivity (Wildman–Crippen MR) is 70.0 cm³/mol. The molecule has 0 aliphatic carbocycles. The van der Waals surface area contributed by atoms with Crippen LogP contribution in [0.25, 0.3) is 0 Å². The first-order valence-corrected chi connectivity index (χ1v) is 5.59. The van der Waals surface area contributed by atoms with Gasteiger partial charge in [-0.1, -0.05) is 0 Å². The van der Waals surface area contributed by atoms with Crippen molar-refractivity contribution in [2.45, 2.75) is 13.0 Å². The number of rotatable bonds is 6. The molecule has 1 rings (SSSR count). The normalized spacial score (nSPS) is 14.3. The molecule has 1 heterocycles. The fraction of sp³-hybridized carbons (Fsp3) is 0.333. The third-order valence-electron chi connectivity index (χ3n) is 2.28. The molecule has 0 spiro atoms. The molecule has 1 aromatic heterocycles. The summed E-state index contributed by atoms with van der Waals surface area (Å²) in [6, 6.07) is 1.81. The van der Waals surface area contributed by atoms with Crippen LogP contribution in [-0.2, 0) is 4.74 Å². The third kappa shape index (κ3) is 4.84. The molecule has 1 unspecified atom stereocenters. The van der Waals surface area contributed by atoms with E-state index in [2.05, 4.69) is 15.3 Å². The van der Waals surface area contributed by atoms with Gasteiger partial charge in [0.2, 0.25) is 0 Å². The minimum atomic E-state index is 0.0295. The number of ether oxygens (including phenoxy) is 1. The van der Waals surface area contributed by atoms with Gasteiger partial charge in [-0.3, -0.25) is 0 Å². The molecule has 6 nitrogen and oxygen atoms in total. The zero-order valence-corrected chi connectivity index (χ0v) is 10.6. The first-order valence-electron chi connectivity index (χ1n) is 5.59. The molecule has 0 aliphatic rings. The fourth-order valence-electron chi connectivity index (χ4n) is 1.21. The van der Waals surface area contributed by atoms with Crippen molar-refractivity contribution in [2.75, 3.05) is 13.7 Å². The highest BCUT2D eigenvalue weighted by Crippen LogP contribution is 2.04. The highest BCUT2D eigenvalue weighted by atomic mass is 16.5. The van der Waals surface area contributed by atoms with Crippen LogP contribution in [0, 0.1) is 0 Å². The van der Waals surface area contributed by atoms with Crippen molar-refractivity contribution in [3.63, 3.8) is 0 Å². The number of hydrogen-bond acceptors (Lipinski definition) is 6. The van der Waals surface area contributed by atoms with Gasteiger partial charge in [-0.25, -0.2) is 9.97 Å². The maximum Gasteiger partial charge on any atom is 0.183 e. The zero-order valence-electron chi connectivity index (χ0n) is 10.6. The summed E-state index contributed by atoms with van der Waals surface area (Å²) in [6.45, 7) is 2.49. The fourth-order valence-corrected chi connectivity index (χ4v) is 1.21. The second-order valence-electron chi connectivity index (χ2n) is 3.72. The Bertz CT molecular complexity index is 416. The summed E-state index contributed by atoms with van der Waals surface area (Å²) in [5.74, 6) is 1.05. The Hall–Kier alpha value is -2.08. The van der Waals surface area contributed by atoms with Crippen LogP contribution in [0.2, 0.25) is 0 Å².